The van der Waals surface area contributed by atoms with Crippen molar-refractivity contribution in [1.29, 1.82) is 0 Å². The average molecular weight is 448 g/mol. The molecule has 0 N–H and O–H groups in total. The molecule has 0 saturated carbocycles. The predicted octanol–water partition coefficient (Wildman–Crippen LogP) is 3.02. The quantitative estimate of drug-likeness (QED) is 0.238. The van der Waals surface area contributed by atoms with E-state index in [-0.39, 0.29) is 5.56 Å². The van der Waals surface area contributed by atoms with E-state index in [1.54, 1.807) is 17.9 Å². The minimum atomic E-state index is -0.667. The lowest BCUT2D eigenvalue weighted by atomic mass is 10.3. The number of thioether (sulfide) groups is 1. The molecule has 0 radical (unpaired) electrons. The molecule has 0 bridgehead atoms. The third-order valence-corrected chi connectivity index (χ3v) is 5.23. The van der Waals surface area contributed by atoms with Crippen LogP contribution in [0.25, 0.3) is 5.69 Å². The van der Waals surface area contributed by atoms with Crippen molar-refractivity contribution in [2.45, 2.75) is 5.03 Å². The number of carbonyl (C=O) groups excluding carboxylic acids is 1. The smallest absolute Gasteiger partial charge is 0.346 e. The highest BCUT2D eigenvalue weighted by molar-refractivity contribution is 14.1. The number of para-hydroxylation sites is 1. The van der Waals surface area contributed by atoms with E-state index < -0.39 is 11.5 Å². The summed E-state index contributed by atoms with van der Waals surface area (Å²) in [7, 11) is 2.80. The molecule has 0 aliphatic heterocycles. The van der Waals surface area contributed by atoms with E-state index in [0.717, 1.165) is 9.26 Å². The van der Waals surface area contributed by atoms with Gasteiger partial charge in [-0.25, -0.2) is 4.79 Å². The summed E-state index contributed by atoms with van der Waals surface area (Å²) in [5, 5.41) is 0.476. The van der Waals surface area contributed by atoms with Gasteiger partial charge in [0.2, 0.25) is 0 Å². The first-order valence-electron chi connectivity index (χ1n) is 6.17. The molecule has 116 valence electrons. The zero-order chi connectivity index (χ0) is 16.4. The Kier molecular flexibility index (Phi) is 5.45. The summed E-state index contributed by atoms with van der Waals surface area (Å²) in [5.74, 6) is -0.667. The van der Waals surface area contributed by atoms with E-state index >= 15 is 0 Å². The number of hydrogen-bond donors (Lipinski definition) is 0. The van der Waals surface area contributed by atoms with Gasteiger partial charge >= 0.3 is 5.97 Å². The van der Waals surface area contributed by atoms with E-state index in [4.69, 9.17) is 17.0 Å². The Balaban J connectivity index is 3.00. The van der Waals surface area contributed by atoms with Crippen molar-refractivity contribution in [2.24, 2.45) is 7.05 Å². The number of hydrogen-bond acceptors (Lipinski definition) is 5. The van der Waals surface area contributed by atoms with Crippen LogP contribution in [0.5, 0.6) is 0 Å². The van der Waals surface area contributed by atoms with Gasteiger partial charge in [0.1, 0.15) is 5.03 Å². The molecule has 2 rings (SSSR count). The molecule has 0 amide bonds. The molecule has 0 aliphatic rings. The molecule has 8 heteroatoms. The monoisotopic (exact) mass is 448 g/mol. The van der Waals surface area contributed by atoms with Gasteiger partial charge in [0.05, 0.1) is 12.8 Å². The largest absolute Gasteiger partial charge is 0.465 e. The van der Waals surface area contributed by atoms with Crippen LogP contribution in [0.1, 0.15) is 10.4 Å². The Morgan fingerprint density at radius 3 is 2.55 bits per heavy atom. The Labute approximate surface area is 150 Å². The molecule has 22 heavy (non-hydrogen) atoms. The fourth-order valence-electron chi connectivity index (χ4n) is 2.01. The first kappa shape index (κ1) is 17.2. The second kappa shape index (κ2) is 6.97. The van der Waals surface area contributed by atoms with Crippen LogP contribution in [0, 0.1) is 8.34 Å². The van der Waals surface area contributed by atoms with Gasteiger partial charge in [-0.15, -0.1) is 11.8 Å². The minimum Gasteiger partial charge on any atom is -0.465 e. The Bertz CT molecular complexity index is 858. The molecule has 0 saturated heterocycles. The zero-order valence-electron chi connectivity index (χ0n) is 12.1. The molecule has 0 aliphatic carbocycles. The SMILES string of the molecule is COC(=O)c1c(SC)n(-c2ccccc2I)c(=S)n(C)c1=O. The summed E-state index contributed by atoms with van der Waals surface area (Å²) in [6, 6.07) is 7.62. The van der Waals surface area contributed by atoms with Crippen LogP contribution in [0.4, 0.5) is 0 Å². The maximum Gasteiger partial charge on any atom is 0.346 e. The van der Waals surface area contributed by atoms with Crippen molar-refractivity contribution in [3.63, 3.8) is 0 Å². The van der Waals surface area contributed by atoms with Crippen molar-refractivity contribution >= 4 is 52.5 Å². The zero-order valence-corrected chi connectivity index (χ0v) is 15.9. The summed E-state index contributed by atoms with van der Waals surface area (Å²) in [6.45, 7) is 0. The average Bonchev–Trinajstić information content (AvgIpc) is 2.52. The molecule has 0 spiro atoms. The van der Waals surface area contributed by atoms with Crippen LogP contribution in [0.2, 0.25) is 0 Å². The molecular weight excluding hydrogens is 435 g/mol. The lowest BCUT2D eigenvalue weighted by molar-refractivity contribution is 0.0592. The number of carbonyl (C=O) groups is 1. The van der Waals surface area contributed by atoms with E-state index in [9.17, 15) is 9.59 Å². The molecule has 5 nitrogen and oxygen atoms in total. The molecule has 0 atom stereocenters. The maximum absolute atomic E-state index is 12.4. The van der Waals surface area contributed by atoms with Gasteiger partial charge in [0.25, 0.3) is 5.56 Å². The molecule has 0 fully saturated rings. The van der Waals surface area contributed by atoms with Gasteiger partial charge < -0.3 is 4.74 Å². The summed E-state index contributed by atoms with van der Waals surface area (Å²) in [6.07, 6.45) is 1.79. The summed E-state index contributed by atoms with van der Waals surface area (Å²) in [5.41, 5.74) is 0.354. The minimum absolute atomic E-state index is 0.00856. The molecule has 1 aromatic heterocycles. The van der Waals surface area contributed by atoms with Crippen molar-refractivity contribution < 1.29 is 9.53 Å². The molecular formula is C14H13IN2O3S2. The van der Waals surface area contributed by atoms with Crippen LogP contribution in [0.3, 0.4) is 0 Å². The molecule has 1 aromatic carbocycles. The number of halogens is 1. The fraction of sp³-hybridized carbons (Fsp3) is 0.214. The number of benzene rings is 1. The number of ether oxygens (including phenoxy) is 1. The van der Waals surface area contributed by atoms with Crippen LogP contribution < -0.4 is 5.56 Å². The Morgan fingerprint density at radius 2 is 2.00 bits per heavy atom. The van der Waals surface area contributed by atoms with Crippen LogP contribution in [-0.4, -0.2) is 28.5 Å². The fourth-order valence-corrected chi connectivity index (χ4v) is 3.71. The van der Waals surface area contributed by atoms with E-state index in [0.29, 0.717) is 9.80 Å². The third-order valence-electron chi connectivity index (χ3n) is 3.09. The molecule has 1 heterocycles. The van der Waals surface area contributed by atoms with E-state index in [2.05, 4.69) is 22.6 Å². The summed E-state index contributed by atoms with van der Waals surface area (Å²) < 4.78 is 9.06. The highest BCUT2D eigenvalue weighted by atomic mass is 127. The summed E-state index contributed by atoms with van der Waals surface area (Å²) >= 11 is 8.89. The number of aromatic nitrogens is 2. The number of methoxy groups -OCH3 is 1. The van der Waals surface area contributed by atoms with Crippen molar-refractivity contribution in [3.8, 4) is 5.69 Å². The second-order valence-electron chi connectivity index (χ2n) is 4.31. The third kappa shape index (κ3) is 2.86. The van der Waals surface area contributed by atoms with Crippen LogP contribution in [-0.2, 0) is 11.8 Å². The topological polar surface area (TPSA) is 53.2 Å². The van der Waals surface area contributed by atoms with Crippen molar-refractivity contribution in [3.05, 3.63) is 48.5 Å². The number of nitrogens with zero attached hydrogens (tertiary/aromatic N) is 2. The lowest BCUT2D eigenvalue weighted by Gasteiger charge is -2.18. The lowest BCUT2D eigenvalue weighted by Crippen LogP contribution is -2.30. The van der Waals surface area contributed by atoms with Crippen molar-refractivity contribution in [1.82, 2.24) is 9.13 Å². The Hall–Kier alpha value is -1.13. The van der Waals surface area contributed by atoms with Gasteiger partial charge in [-0.1, -0.05) is 12.1 Å². The highest BCUT2D eigenvalue weighted by Crippen LogP contribution is 2.26. The maximum atomic E-state index is 12.4. The van der Waals surface area contributed by atoms with Gasteiger partial charge in [-0.05, 0) is 53.2 Å². The summed E-state index contributed by atoms with van der Waals surface area (Å²) in [4.78, 5) is 24.5. The predicted molar refractivity (Wildman–Crippen MR) is 97.7 cm³/mol. The first-order chi connectivity index (χ1) is 10.4. The number of rotatable bonds is 3. The Morgan fingerprint density at radius 1 is 1.36 bits per heavy atom. The normalized spacial score (nSPS) is 10.5. The second-order valence-corrected chi connectivity index (χ2v) is 6.63. The highest BCUT2D eigenvalue weighted by Gasteiger charge is 2.23. The van der Waals surface area contributed by atoms with Crippen molar-refractivity contribution in [2.75, 3.05) is 13.4 Å². The molecule has 0 unspecified atom stereocenters. The van der Waals surface area contributed by atoms with E-state index in [1.807, 2.05) is 24.3 Å². The van der Waals surface area contributed by atoms with E-state index in [1.165, 1.54) is 23.4 Å². The van der Waals surface area contributed by atoms with Crippen LogP contribution in [0.15, 0.2) is 34.1 Å². The number of esters is 1. The molecule has 2 aromatic rings. The van der Waals surface area contributed by atoms with Gasteiger partial charge in [-0.3, -0.25) is 13.9 Å². The van der Waals surface area contributed by atoms with Crippen LogP contribution >= 0.6 is 46.6 Å². The standard InChI is InChI=1S/C14H13IN2O3S2/c1-16-11(18)10(13(19)20-2)12(22-3)17(14(16)21)9-7-5-4-6-8(9)15/h4-7H,1-3H3. The first-order valence-corrected chi connectivity index (χ1v) is 8.88. The van der Waals surface area contributed by atoms with Gasteiger partial charge in [0.15, 0.2) is 10.3 Å². The van der Waals surface area contributed by atoms with Gasteiger partial charge in [-0.2, -0.15) is 0 Å². The van der Waals surface area contributed by atoms with Gasteiger partial charge in [0, 0.05) is 10.6 Å².